The van der Waals surface area contributed by atoms with Gasteiger partial charge in [0.2, 0.25) is 0 Å². The van der Waals surface area contributed by atoms with Crippen LogP contribution in [0, 0.1) is 17.8 Å². The standard InChI is InChI=1S/C12H18O2/c1-8-4-5-12-9(6-8)2-3-10(12)7-11(13)14-12/h8-10H,2-7H2,1H3/t8?,9-,10+,12+/m1/s1. The van der Waals surface area contributed by atoms with Gasteiger partial charge in [0, 0.05) is 5.92 Å². The van der Waals surface area contributed by atoms with Crippen molar-refractivity contribution in [2.75, 3.05) is 0 Å². The molecule has 3 fully saturated rings. The molecule has 2 heteroatoms. The largest absolute Gasteiger partial charge is 0.458 e. The monoisotopic (exact) mass is 194 g/mol. The molecule has 0 radical (unpaired) electrons. The molecule has 0 aromatic heterocycles. The van der Waals surface area contributed by atoms with Crippen molar-refractivity contribution in [2.45, 2.75) is 51.0 Å². The lowest BCUT2D eigenvalue weighted by atomic mass is 9.70. The minimum absolute atomic E-state index is 0.00356. The van der Waals surface area contributed by atoms with Gasteiger partial charge in [-0.1, -0.05) is 6.92 Å². The quantitative estimate of drug-likeness (QED) is 0.554. The zero-order chi connectivity index (χ0) is 9.76. The number of hydrogen-bond donors (Lipinski definition) is 0. The molecular formula is C12H18O2. The fraction of sp³-hybridized carbons (Fsp3) is 0.917. The molecule has 3 aliphatic rings. The highest BCUT2D eigenvalue weighted by atomic mass is 16.6. The van der Waals surface area contributed by atoms with Crippen molar-refractivity contribution in [1.29, 1.82) is 0 Å². The van der Waals surface area contributed by atoms with Crippen molar-refractivity contribution >= 4 is 5.97 Å². The molecule has 1 unspecified atom stereocenters. The lowest BCUT2D eigenvalue weighted by Crippen LogP contribution is -2.42. The first-order valence-corrected chi connectivity index (χ1v) is 5.92. The molecule has 3 rings (SSSR count). The van der Waals surface area contributed by atoms with Gasteiger partial charge in [0.25, 0.3) is 0 Å². The first-order chi connectivity index (χ1) is 6.71. The lowest BCUT2D eigenvalue weighted by molar-refractivity contribution is -0.157. The average molecular weight is 194 g/mol. The topological polar surface area (TPSA) is 26.3 Å². The number of hydrogen-bond acceptors (Lipinski definition) is 2. The van der Waals surface area contributed by atoms with Crippen molar-refractivity contribution in [3.63, 3.8) is 0 Å². The molecule has 2 saturated carbocycles. The molecular weight excluding hydrogens is 176 g/mol. The van der Waals surface area contributed by atoms with Crippen molar-refractivity contribution in [2.24, 2.45) is 17.8 Å². The first kappa shape index (κ1) is 8.75. The predicted molar refractivity (Wildman–Crippen MR) is 52.7 cm³/mol. The number of carbonyl (C=O) groups is 1. The van der Waals surface area contributed by atoms with Crippen molar-refractivity contribution in [1.82, 2.24) is 0 Å². The molecule has 0 aromatic carbocycles. The molecule has 1 aliphatic heterocycles. The van der Waals surface area contributed by atoms with E-state index in [1.54, 1.807) is 0 Å². The molecule has 1 heterocycles. The van der Waals surface area contributed by atoms with Crippen molar-refractivity contribution in [3.05, 3.63) is 0 Å². The maximum Gasteiger partial charge on any atom is 0.306 e. The van der Waals surface area contributed by atoms with Gasteiger partial charge in [0.1, 0.15) is 5.60 Å². The zero-order valence-corrected chi connectivity index (χ0v) is 8.79. The Balaban J connectivity index is 1.90. The van der Waals surface area contributed by atoms with E-state index in [0.717, 1.165) is 12.3 Å². The highest BCUT2D eigenvalue weighted by molar-refractivity contribution is 5.73. The lowest BCUT2D eigenvalue weighted by Gasteiger charge is -2.40. The Labute approximate surface area is 85.0 Å². The second kappa shape index (κ2) is 2.74. The summed E-state index contributed by atoms with van der Waals surface area (Å²) in [5, 5.41) is 0. The number of rotatable bonds is 0. The Bertz CT molecular complexity index is 273. The normalized spacial score (nSPS) is 51.2. The van der Waals surface area contributed by atoms with Crippen LogP contribution >= 0.6 is 0 Å². The summed E-state index contributed by atoms with van der Waals surface area (Å²) in [6.07, 6.45) is 6.88. The van der Waals surface area contributed by atoms with Gasteiger partial charge in [-0.05, 0) is 43.9 Å². The highest BCUT2D eigenvalue weighted by Gasteiger charge is 2.58. The van der Waals surface area contributed by atoms with Gasteiger partial charge in [-0.3, -0.25) is 4.79 Å². The van der Waals surface area contributed by atoms with E-state index >= 15 is 0 Å². The molecule has 0 N–H and O–H groups in total. The van der Waals surface area contributed by atoms with E-state index in [9.17, 15) is 4.79 Å². The van der Waals surface area contributed by atoms with Crippen molar-refractivity contribution < 1.29 is 9.53 Å². The fourth-order valence-corrected chi connectivity index (χ4v) is 3.97. The predicted octanol–water partition coefficient (Wildman–Crippen LogP) is 2.52. The van der Waals surface area contributed by atoms with Crippen LogP contribution in [0.3, 0.4) is 0 Å². The highest BCUT2D eigenvalue weighted by Crippen LogP contribution is 2.56. The summed E-state index contributed by atoms with van der Waals surface area (Å²) in [5.74, 6) is 2.15. The maximum absolute atomic E-state index is 11.4. The Kier molecular flexibility index (Phi) is 1.71. The zero-order valence-electron chi connectivity index (χ0n) is 8.79. The van der Waals surface area contributed by atoms with Gasteiger partial charge < -0.3 is 4.74 Å². The van der Waals surface area contributed by atoms with Gasteiger partial charge in [-0.25, -0.2) is 0 Å². The molecule has 2 aliphatic carbocycles. The summed E-state index contributed by atoms with van der Waals surface area (Å²) in [7, 11) is 0. The second-order valence-corrected chi connectivity index (χ2v) is 5.48. The molecule has 2 nitrogen and oxygen atoms in total. The van der Waals surface area contributed by atoms with Gasteiger partial charge in [-0.2, -0.15) is 0 Å². The number of ether oxygens (including phenoxy) is 1. The van der Waals surface area contributed by atoms with Gasteiger partial charge in [-0.15, -0.1) is 0 Å². The summed E-state index contributed by atoms with van der Waals surface area (Å²) in [4.78, 5) is 11.4. The summed E-state index contributed by atoms with van der Waals surface area (Å²) in [6, 6.07) is 0. The minimum atomic E-state index is 0.00356. The van der Waals surface area contributed by atoms with Crippen LogP contribution in [0.1, 0.15) is 45.4 Å². The summed E-state index contributed by atoms with van der Waals surface area (Å²) >= 11 is 0. The third kappa shape index (κ3) is 0.999. The molecule has 0 amide bonds. The Hall–Kier alpha value is -0.530. The Morgan fingerprint density at radius 1 is 1.29 bits per heavy atom. The summed E-state index contributed by atoms with van der Waals surface area (Å²) in [5.41, 5.74) is 0.00356. The molecule has 0 aromatic rings. The van der Waals surface area contributed by atoms with E-state index in [1.165, 1.54) is 25.7 Å². The van der Waals surface area contributed by atoms with Crippen LogP contribution in [0.2, 0.25) is 0 Å². The van der Waals surface area contributed by atoms with E-state index in [1.807, 2.05) is 0 Å². The van der Waals surface area contributed by atoms with E-state index < -0.39 is 0 Å². The van der Waals surface area contributed by atoms with E-state index in [0.29, 0.717) is 18.3 Å². The maximum atomic E-state index is 11.4. The molecule has 14 heavy (non-hydrogen) atoms. The summed E-state index contributed by atoms with van der Waals surface area (Å²) < 4.78 is 5.69. The summed E-state index contributed by atoms with van der Waals surface area (Å²) in [6.45, 7) is 2.33. The SMILES string of the molecule is CC1CC[C@@]23OC(=O)C[C@@H]2CC[C@@H]3C1. The molecule has 0 bridgehead atoms. The van der Waals surface area contributed by atoms with E-state index in [4.69, 9.17) is 4.74 Å². The third-order valence-corrected chi connectivity index (χ3v) is 4.68. The average Bonchev–Trinajstić information content (AvgIpc) is 2.60. The molecule has 4 atom stereocenters. The number of esters is 1. The number of carbonyl (C=O) groups excluding carboxylic acids is 1. The van der Waals surface area contributed by atoms with Crippen LogP contribution in [-0.4, -0.2) is 11.6 Å². The van der Waals surface area contributed by atoms with E-state index in [2.05, 4.69) is 6.92 Å². The third-order valence-electron chi connectivity index (χ3n) is 4.68. The Morgan fingerprint density at radius 3 is 2.93 bits per heavy atom. The van der Waals surface area contributed by atoms with Crippen LogP contribution in [-0.2, 0) is 9.53 Å². The first-order valence-electron chi connectivity index (χ1n) is 5.92. The van der Waals surface area contributed by atoms with Crippen LogP contribution in [0.15, 0.2) is 0 Å². The van der Waals surface area contributed by atoms with Crippen LogP contribution in [0.5, 0.6) is 0 Å². The van der Waals surface area contributed by atoms with E-state index in [-0.39, 0.29) is 11.6 Å². The van der Waals surface area contributed by atoms with Crippen LogP contribution < -0.4 is 0 Å². The molecule has 78 valence electrons. The fourth-order valence-electron chi connectivity index (χ4n) is 3.97. The second-order valence-electron chi connectivity index (χ2n) is 5.48. The van der Waals surface area contributed by atoms with Gasteiger partial charge in [0.15, 0.2) is 0 Å². The minimum Gasteiger partial charge on any atom is -0.458 e. The molecule has 1 saturated heterocycles. The Morgan fingerprint density at radius 2 is 2.07 bits per heavy atom. The smallest absolute Gasteiger partial charge is 0.306 e. The van der Waals surface area contributed by atoms with Gasteiger partial charge >= 0.3 is 5.97 Å². The van der Waals surface area contributed by atoms with Crippen LogP contribution in [0.25, 0.3) is 0 Å². The molecule has 1 spiro atoms. The van der Waals surface area contributed by atoms with Crippen LogP contribution in [0.4, 0.5) is 0 Å². The van der Waals surface area contributed by atoms with Crippen molar-refractivity contribution in [3.8, 4) is 0 Å². The van der Waals surface area contributed by atoms with Gasteiger partial charge in [0.05, 0.1) is 6.42 Å².